The standard InChI is InChI=1S/C67H111NO8/c1-6-8-10-12-14-16-18-20-22-24-26-27-28-29-30-31-32-33-34-35-36-37-38-39-40-42-44-46-48-50-52-54-56-58-65(70)76-63(62-75-67(66(71)72)73-60-59-68(3,4)5)61-74-64(69)57-55-53-51-49-47-45-43-41-25-23-21-19-17-15-13-11-9-7-2/h8,10,14,16-17,19-20,22-23,25-27,29-30,32-33,35-36,38-39,63,67H,6-7,9,11-13,15,18,21,24,28,31,34,37,40-62H2,1-5H3/b10-8-,16-14-,19-17-,22-20-,25-23-,27-26-,30-29-,33-32-,36-35-,39-38-. The van der Waals surface area contributed by atoms with Crippen LogP contribution < -0.4 is 5.11 Å². The van der Waals surface area contributed by atoms with Crippen LogP contribution in [-0.4, -0.2) is 82.3 Å². The number of hydrogen-bond donors (Lipinski definition) is 0. The van der Waals surface area contributed by atoms with Crippen LogP contribution in [0.25, 0.3) is 0 Å². The van der Waals surface area contributed by atoms with E-state index >= 15 is 0 Å². The number of carboxylic acids is 1. The van der Waals surface area contributed by atoms with Crippen LogP contribution in [0.2, 0.25) is 0 Å². The van der Waals surface area contributed by atoms with E-state index in [1.54, 1.807) is 0 Å². The van der Waals surface area contributed by atoms with E-state index in [0.29, 0.717) is 17.4 Å². The maximum Gasteiger partial charge on any atom is 0.306 e. The van der Waals surface area contributed by atoms with Crippen molar-refractivity contribution in [2.75, 3.05) is 47.5 Å². The van der Waals surface area contributed by atoms with Gasteiger partial charge in [-0.05, 0) is 109 Å². The quantitative estimate of drug-likeness (QED) is 0.0195. The van der Waals surface area contributed by atoms with Gasteiger partial charge in [0.25, 0.3) is 0 Å². The Morgan fingerprint density at radius 3 is 1.12 bits per heavy atom. The zero-order valence-electron chi connectivity index (χ0n) is 49.1. The molecule has 0 aromatic rings. The summed E-state index contributed by atoms with van der Waals surface area (Å²) in [6.07, 6.45) is 76.7. The van der Waals surface area contributed by atoms with Crippen LogP contribution in [0, 0.1) is 0 Å². The monoisotopic (exact) mass is 1060 g/mol. The highest BCUT2D eigenvalue weighted by atomic mass is 16.7. The number of carbonyl (C=O) groups is 3. The maximum atomic E-state index is 12.9. The molecule has 0 N–H and O–H groups in total. The van der Waals surface area contributed by atoms with Crippen molar-refractivity contribution in [3.05, 3.63) is 122 Å². The summed E-state index contributed by atoms with van der Waals surface area (Å²) in [7, 11) is 5.91. The van der Waals surface area contributed by atoms with E-state index in [0.717, 1.165) is 116 Å². The molecule has 0 spiro atoms. The fourth-order valence-electron chi connectivity index (χ4n) is 7.82. The van der Waals surface area contributed by atoms with E-state index in [1.165, 1.54) is 77.0 Å². The summed E-state index contributed by atoms with van der Waals surface area (Å²) in [6, 6.07) is 0. The Balaban J connectivity index is 4.27. The molecule has 0 aliphatic rings. The van der Waals surface area contributed by atoms with Crippen LogP contribution in [0.5, 0.6) is 0 Å². The third-order valence-electron chi connectivity index (χ3n) is 12.4. The van der Waals surface area contributed by atoms with Crippen molar-refractivity contribution in [2.45, 2.75) is 238 Å². The highest BCUT2D eigenvalue weighted by molar-refractivity contribution is 5.70. The van der Waals surface area contributed by atoms with Gasteiger partial charge in [-0.15, -0.1) is 0 Å². The molecule has 0 heterocycles. The molecule has 0 bridgehead atoms. The van der Waals surface area contributed by atoms with Crippen LogP contribution in [0.15, 0.2) is 122 Å². The Hall–Kier alpha value is -4.31. The second kappa shape index (κ2) is 56.9. The first-order valence-corrected chi connectivity index (χ1v) is 30.2. The number of esters is 2. The van der Waals surface area contributed by atoms with Crippen LogP contribution in [0.4, 0.5) is 0 Å². The maximum absolute atomic E-state index is 12.9. The number of unbranched alkanes of at least 4 members (excludes halogenated alkanes) is 19. The van der Waals surface area contributed by atoms with Crippen molar-refractivity contribution in [2.24, 2.45) is 0 Å². The normalized spacial score (nSPS) is 13.6. The van der Waals surface area contributed by atoms with Crippen LogP contribution in [-0.2, 0) is 33.3 Å². The van der Waals surface area contributed by atoms with E-state index in [2.05, 4.69) is 135 Å². The Bertz CT molecular complexity index is 1660. The van der Waals surface area contributed by atoms with Crippen LogP contribution >= 0.6 is 0 Å². The molecule has 0 saturated carbocycles. The van der Waals surface area contributed by atoms with Crippen LogP contribution in [0.1, 0.15) is 226 Å². The molecule has 2 atom stereocenters. The predicted octanol–water partition coefficient (Wildman–Crippen LogP) is 16.7. The van der Waals surface area contributed by atoms with E-state index in [-0.39, 0.29) is 38.6 Å². The van der Waals surface area contributed by atoms with Gasteiger partial charge in [-0.2, -0.15) is 0 Å². The summed E-state index contributed by atoms with van der Waals surface area (Å²) in [6.45, 7) is 4.59. The number of hydrogen-bond acceptors (Lipinski definition) is 8. The molecule has 0 saturated heterocycles. The van der Waals surface area contributed by atoms with Gasteiger partial charge in [-0.25, -0.2) is 0 Å². The average molecular weight is 1060 g/mol. The first-order chi connectivity index (χ1) is 37.1. The van der Waals surface area contributed by atoms with E-state index in [9.17, 15) is 19.5 Å². The average Bonchev–Trinajstić information content (AvgIpc) is 3.39. The van der Waals surface area contributed by atoms with Gasteiger partial charge < -0.3 is 33.3 Å². The largest absolute Gasteiger partial charge is 0.545 e. The van der Waals surface area contributed by atoms with E-state index in [1.807, 2.05) is 21.1 Å². The summed E-state index contributed by atoms with van der Waals surface area (Å²) in [5, 5.41) is 11.8. The number of carbonyl (C=O) groups excluding carboxylic acids is 3. The smallest absolute Gasteiger partial charge is 0.306 e. The molecule has 0 fully saturated rings. The van der Waals surface area contributed by atoms with Crippen molar-refractivity contribution in [3.63, 3.8) is 0 Å². The molecular formula is C67H111NO8. The first kappa shape index (κ1) is 71.7. The number of quaternary nitrogens is 1. The molecule has 0 amide bonds. The number of ether oxygens (including phenoxy) is 4. The molecule has 9 nitrogen and oxygen atoms in total. The molecule has 0 aromatic heterocycles. The van der Waals surface area contributed by atoms with Gasteiger partial charge in [0, 0.05) is 12.8 Å². The zero-order chi connectivity index (χ0) is 55.5. The number of allylic oxidation sites excluding steroid dienone is 20. The summed E-state index contributed by atoms with van der Waals surface area (Å²) in [5.74, 6) is -2.32. The minimum Gasteiger partial charge on any atom is -0.545 e. The third-order valence-corrected chi connectivity index (χ3v) is 12.4. The Kier molecular flexibility index (Phi) is 53.7. The summed E-state index contributed by atoms with van der Waals surface area (Å²) < 4.78 is 22.7. The van der Waals surface area contributed by atoms with Crippen molar-refractivity contribution in [3.8, 4) is 0 Å². The fraction of sp³-hybridized carbons (Fsp3) is 0.657. The number of nitrogens with zero attached hydrogens (tertiary/aromatic N) is 1. The van der Waals surface area contributed by atoms with Crippen molar-refractivity contribution < 1.29 is 42.9 Å². The van der Waals surface area contributed by atoms with E-state index in [4.69, 9.17) is 18.9 Å². The lowest BCUT2D eigenvalue weighted by molar-refractivity contribution is -0.870. The van der Waals surface area contributed by atoms with Crippen molar-refractivity contribution in [1.29, 1.82) is 0 Å². The zero-order valence-corrected chi connectivity index (χ0v) is 49.1. The molecule has 0 aliphatic carbocycles. The molecule has 0 radical (unpaired) electrons. The summed E-state index contributed by atoms with van der Waals surface area (Å²) >= 11 is 0. The fourth-order valence-corrected chi connectivity index (χ4v) is 7.82. The number of rotatable bonds is 54. The molecule has 2 unspecified atom stereocenters. The van der Waals surface area contributed by atoms with Crippen LogP contribution in [0.3, 0.4) is 0 Å². The highest BCUT2D eigenvalue weighted by Crippen LogP contribution is 2.14. The SMILES string of the molecule is CC/C=C\C/C=C\C/C=C\C/C=C\C/C=C\C/C=C\C/C=C\C/C=C\CCCCCCCCCCC(=O)OC(COC(=O)CCCCCCCCC/C=C\C/C=C\CCCCCC)COC(OCC[N+](C)(C)C)C(=O)[O-]. The van der Waals surface area contributed by atoms with Gasteiger partial charge in [0.05, 0.1) is 40.3 Å². The van der Waals surface area contributed by atoms with Gasteiger partial charge in [-0.1, -0.05) is 225 Å². The Labute approximate surface area is 466 Å². The Morgan fingerprint density at radius 2 is 0.750 bits per heavy atom. The molecular weight excluding hydrogens is 947 g/mol. The number of aliphatic carboxylic acids is 1. The minimum atomic E-state index is -1.63. The second-order valence-electron chi connectivity index (χ2n) is 20.9. The van der Waals surface area contributed by atoms with Gasteiger partial charge in [0.15, 0.2) is 12.4 Å². The lowest BCUT2D eigenvalue weighted by Crippen LogP contribution is -2.44. The van der Waals surface area contributed by atoms with Crippen molar-refractivity contribution >= 4 is 17.9 Å². The van der Waals surface area contributed by atoms with Gasteiger partial charge >= 0.3 is 11.9 Å². The Morgan fingerprint density at radius 1 is 0.408 bits per heavy atom. The molecule has 0 aromatic carbocycles. The lowest BCUT2D eigenvalue weighted by Gasteiger charge is -2.26. The molecule has 432 valence electrons. The molecule has 0 rings (SSSR count). The molecule has 76 heavy (non-hydrogen) atoms. The van der Waals surface area contributed by atoms with Gasteiger partial charge in [0.2, 0.25) is 0 Å². The predicted molar refractivity (Wildman–Crippen MR) is 320 cm³/mol. The van der Waals surface area contributed by atoms with Gasteiger partial charge in [-0.3, -0.25) is 9.59 Å². The van der Waals surface area contributed by atoms with E-state index < -0.39 is 24.3 Å². The minimum absolute atomic E-state index is 0.138. The summed E-state index contributed by atoms with van der Waals surface area (Å²) in [4.78, 5) is 37.3. The third kappa shape index (κ3) is 57.4. The number of likely N-dealkylation sites (N-methyl/N-ethyl adjacent to an activating group) is 1. The summed E-state index contributed by atoms with van der Waals surface area (Å²) in [5.41, 5.74) is 0. The lowest BCUT2D eigenvalue weighted by atomic mass is 10.1. The molecule has 9 heteroatoms. The second-order valence-corrected chi connectivity index (χ2v) is 20.9. The van der Waals surface area contributed by atoms with Gasteiger partial charge in [0.1, 0.15) is 13.2 Å². The number of carboxylic acid groups (broad SMARTS) is 1. The van der Waals surface area contributed by atoms with Crippen molar-refractivity contribution in [1.82, 2.24) is 0 Å². The first-order valence-electron chi connectivity index (χ1n) is 30.2. The topological polar surface area (TPSA) is 111 Å². The highest BCUT2D eigenvalue weighted by Gasteiger charge is 2.22. The molecule has 0 aliphatic heterocycles.